The average Bonchev–Trinajstić information content (AvgIpc) is 2.96. The Kier molecular flexibility index (Phi) is 3.94. The van der Waals surface area contributed by atoms with Crippen LogP contribution in [0, 0.1) is 5.92 Å². The third kappa shape index (κ3) is 2.81. The van der Waals surface area contributed by atoms with Gasteiger partial charge in [0, 0.05) is 38.3 Å². The van der Waals surface area contributed by atoms with Crippen molar-refractivity contribution in [1.82, 2.24) is 15.1 Å². The van der Waals surface area contributed by atoms with E-state index in [1.54, 1.807) is 0 Å². The first kappa shape index (κ1) is 13.8. The minimum absolute atomic E-state index is 0.177. The maximum absolute atomic E-state index is 12.6. The largest absolute Gasteiger partial charge is 0.369 e. The Labute approximate surface area is 119 Å². The molecule has 0 spiro atoms. The van der Waals surface area contributed by atoms with E-state index < -0.39 is 0 Å². The Balaban J connectivity index is 1.55. The highest BCUT2D eigenvalue weighted by molar-refractivity contribution is 5.80. The third-order valence-electron chi connectivity index (χ3n) is 4.90. The molecule has 20 heavy (non-hydrogen) atoms. The number of hydrogen-bond donors (Lipinski definition) is 2. The molecular weight excluding hydrogens is 256 g/mol. The number of hydrogen-bond acceptors (Lipinski definition) is 4. The number of rotatable bonds is 3. The number of carbonyl (C=O) groups excluding carboxylic acids is 2. The summed E-state index contributed by atoms with van der Waals surface area (Å²) in [5, 5.41) is 3.53. The molecule has 2 amide bonds. The Morgan fingerprint density at radius 2 is 2.00 bits per heavy atom. The van der Waals surface area contributed by atoms with E-state index in [2.05, 4.69) is 10.2 Å². The average molecular weight is 280 g/mol. The molecule has 3 saturated heterocycles. The molecule has 3 rings (SSSR count). The lowest BCUT2D eigenvalue weighted by Crippen LogP contribution is -2.43. The zero-order chi connectivity index (χ0) is 14.1. The molecule has 6 nitrogen and oxygen atoms in total. The fourth-order valence-corrected chi connectivity index (χ4v) is 3.90. The molecule has 0 aromatic carbocycles. The van der Waals surface area contributed by atoms with Crippen molar-refractivity contribution in [3.05, 3.63) is 0 Å². The van der Waals surface area contributed by atoms with Crippen LogP contribution in [0.1, 0.15) is 25.7 Å². The monoisotopic (exact) mass is 280 g/mol. The molecule has 0 aromatic heterocycles. The van der Waals surface area contributed by atoms with Gasteiger partial charge in [0.1, 0.15) is 0 Å². The van der Waals surface area contributed by atoms with E-state index in [0.29, 0.717) is 24.5 Å². The summed E-state index contributed by atoms with van der Waals surface area (Å²) < 4.78 is 0. The van der Waals surface area contributed by atoms with Gasteiger partial charge in [0.15, 0.2) is 0 Å². The summed E-state index contributed by atoms with van der Waals surface area (Å²) in [7, 11) is 0. The number of nitrogens with one attached hydrogen (secondary N) is 1. The second-order valence-electron chi connectivity index (χ2n) is 6.31. The maximum Gasteiger partial charge on any atom is 0.231 e. The predicted molar refractivity (Wildman–Crippen MR) is 74.9 cm³/mol. The van der Waals surface area contributed by atoms with E-state index in [1.165, 1.54) is 6.42 Å². The van der Waals surface area contributed by atoms with Crippen LogP contribution in [0.25, 0.3) is 0 Å². The van der Waals surface area contributed by atoms with E-state index in [9.17, 15) is 9.59 Å². The molecule has 3 aliphatic heterocycles. The topological polar surface area (TPSA) is 78.7 Å². The van der Waals surface area contributed by atoms with Crippen molar-refractivity contribution >= 4 is 11.8 Å². The van der Waals surface area contributed by atoms with Gasteiger partial charge in [-0.25, -0.2) is 0 Å². The summed E-state index contributed by atoms with van der Waals surface area (Å²) in [5.41, 5.74) is 5.24. The van der Waals surface area contributed by atoms with Crippen LogP contribution in [0.15, 0.2) is 0 Å². The highest BCUT2D eigenvalue weighted by Crippen LogP contribution is 2.34. The third-order valence-corrected chi connectivity index (χ3v) is 4.90. The first-order chi connectivity index (χ1) is 9.63. The Morgan fingerprint density at radius 1 is 1.15 bits per heavy atom. The molecule has 112 valence electrons. The molecule has 3 unspecified atom stereocenters. The van der Waals surface area contributed by atoms with Crippen LogP contribution in [0.4, 0.5) is 0 Å². The van der Waals surface area contributed by atoms with Crippen LogP contribution in [0.3, 0.4) is 0 Å². The van der Waals surface area contributed by atoms with Crippen molar-refractivity contribution in [2.75, 3.05) is 32.7 Å². The van der Waals surface area contributed by atoms with Crippen LogP contribution in [0.5, 0.6) is 0 Å². The molecule has 6 heteroatoms. The van der Waals surface area contributed by atoms with E-state index in [1.807, 2.05) is 4.90 Å². The SMILES string of the molecule is NC(=O)CN1CCCN(C(=O)C2CC3CCC2N3)CC1. The van der Waals surface area contributed by atoms with Gasteiger partial charge in [-0.1, -0.05) is 0 Å². The summed E-state index contributed by atoms with van der Waals surface area (Å²) in [4.78, 5) is 27.7. The number of nitrogens with zero attached hydrogens (tertiary/aromatic N) is 2. The summed E-state index contributed by atoms with van der Waals surface area (Å²) >= 11 is 0. The normalized spacial score (nSPS) is 34.2. The molecule has 3 aliphatic rings. The van der Waals surface area contributed by atoms with Gasteiger partial charge < -0.3 is 16.0 Å². The van der Waals surface area contributed by atoms with Crippen molar-refractivity contribution in [3.63, 3.8) is 0 Å². The van der Waals surface area contributed by atoms with Crippen LogP contribution in [-0.2, 0) is 9.59 Å². The Bertz CT molecular complexity index is 401. The van der Waals surface area contributed by atoms with Gasteiger partial charge in [0.25, 0.3) is 0 Å². The lowest BCUT2D eigenvalue weighted by molar-refractivity contribution is -0.136. The summed E-state index contributed by atoms with van der Waals surface area (Å²) in [6.07, 6.45) is 4.29. The zero-order valence-electron chi connectivity index (χ0n) is 11.9. The minimum Gasteiger partial charge on any atom is -0.369 e. The number of fused-ring (bicyclic) bond motifs is 2. The predicted octanol–water partition coefficient (Wildman–Crippen LogP) is -0.853. The van der Waals surface area contributed by atoms with Gasteiger partial charge in [-0.3, -0.25) is 14.5 Å². The van der Waals surface area contributed by atoms with E-state index in [0.717, 1.165) is 45.4 Å². The first-order valence-electron chi connectivity index (χ1n) is 7.69. The van der Waals surface area contributed by atoms with Crippen molar-refractivity contribution in [2.24, 2.45) is 11.7 Å². The van der Waals surface area contributed by atoms with E-state index in [-0.39, 0.29) is 11.8 Å². The number of primary amides is 1. The zero-order valence-corrected chi connectivity index (χ0v) is 11.9. The van der Waals surface area contributed by atoms with Crippen LogP contribution >= 0.6 is 0 Å². The van der Waals surface area contributed by atoms with Gasteiger partial charge in [-0.05, 0) is 25.7 Å². The highest BCUT2D eigenvalue weighted by Gasteiger charge is 2.44. The highest BCUT2D eigenvalue weighted by atomic mass is 16.2. The Morgan fingerprint density at radius 3 is 2.65 bits per heavy atom. The summed E-state index contributed by atoms with van der Waals surface area (Å²) in [6.45, 7) is 3.43. The quantitative estimate of drug-likeness (QED) is 0.705. The van der Waals surface area contributed by atoms with Gasteiger partial charge in [0.2, 0.25) is 11.8 Å². The summed E-state index contributed by atoms with van der Waals surface area (Å²) in [6, 6.07) is 0.963. The molecule has 0 aromatic rings. The van der Waals surface area contributed by atoms with E-state index >= 15 is 0 Å². The van der Waals surface area contributed by atoms with Gasteiger partial charge in [0.05, 0.1) is 12.5 Å². The molecule has 0 aliphatic carbocycles. The van der Waals surface area contributed by atoms with Gasteiger partial charge in [-0.15, -0.1) is 0 Å². The molecule has 3 atom stereocenters. The first-order valence-corrected chi connectivity index (χ1v) is 7.69. The lowest BCUT2D eigenvalue weighted by Gasteiger charge is -2.27. The molecule has 2 bridgehead atoms. The smallest absolute Gasteiger partial charge is 0.231 e. The van der Waals surface area contributed by atoms with Crippen molar-refractivity contribution in [3.8, 4) is 0 Å². The fourth-order valence-electron chi connectivity index (χ4n) is 3.90. The van der Waals surface area contributed by atoms with Crippen molar-refractivity contribution < 1.29 is 9.59 Å². The number of nitrogens with two attached hydrogens (primary N) is 1. The second kappa shape index (κ2) is 5.69. The standard InChI is InChI=1S/C14H24N4O2/c15-13(19)9-17-4-1-5-18(7-6-17)14(20)11-8-10-2-3-12(11)16-10/h10-12,16H,1-9H2,(H2,15,19). The fraction of sp³-hybridized carbons (Fsp3) is 0.857. The molecule has 0 saturated carbocycles. The van der Waals surface area contributed by atoms with Crippen molar-refractivity contribution in [2.45, 2.75) is 37.8 Å². The van der Waals surface area contributed by atoms with Gasteiger partial charge >= 0.3 is 0 Å². The van der Waals surface area contributed by atoms with Crippen LogP contribution in [-0.4, -0.2) is 66.4 Å². The van der Waals surface area contributed by atoms with Gasteiger partial charge in [-0.2, -0.15) is 0 Å². The molecular formula is C14H24N4O2. The van der Waals surface area contributed by atoms with E-state index in [4.69, 9.17) is 5.73 Å². The number of carbonyl (C=O) groups is 2. The molecule has 0 radical (unpaired) electrons. The molecule has 3 fully saturated rings. The van der Waals surface area contributed by atoms with Crippen molar-refractivity contribution in [1.29, 1.82) is 0 Å². The molecule has 3 N–H and O–H groups in total. The second-order valence-corrected chi connectivity index (χ2v) is 6.31. The lowest BCUT2D eigenvalue weighted by atomic mass is 9.88. The minimum atomic E-state index is -0.290. The number of amides is 2. The Hall–Kier alpha value is -1.14. The molecule has 3 heterocycles. The summed E-state index contributed by atoms with van der Waals surface area (Å²) in [5.74, 6) is 0.198. The van der Waals surface area contributed by atoms with Crippen LogP contribution < -0.4 is 11.1 Å². The van der Waals surface area contributed by atoms with Crippen LogP contribution in [0.2, 0.25) is 0 Å². The maximum atomic E-state index is 12.6.